The first-order valence-electron chi connectivity index (χ1n) is 7.26. The van der Waals surface area contributed by atoms with Crippen molar-refractivity contribution in [3.8, 4) is 0 Å². The van der Waals surface area contributed by atoms with E-state index in [1.807, 2.05) is 12.1 Å². The molecular weight excluding hydrogens is 256 g/mol. The molecule has 1 heteroatoms. The minimum absolute atomic E-state index is 0.594. The average molecular weight is 274 g/mol. The second-order valence-corrected chi connectivity index (χ2v) is 5.14. The molecule has 0 saturated heterocycles. The lowest BCUT2D eigenvalue weighted by atomic mass is 9.95. The highest BCUT2D eigenvalue weighted by molar-refractivity contribution is 5.38. The molecule has 0 N–H and O–H groups in total. The van der Waals surface area contributed by atoms with Crippen molar-refractivity contribution in [1.29, 1.82) is 0 Å². The van der Waals surface area contributed by atoms with Crippen molar-refractivity contribution >= 4 is 0 Å². The maximum Gasteiger partial charge on any atom is 0.163 e. The average Bonchev–Trinajstić information content (AvgIpc) is 2.75. The summed E-state index contributed by atoms with van der Waals surface area (Å²) in [6, 6.07) is 21.0. The van der Waals surface area contributed by atoms with Gasteiger partial charge in [-0.3, -0.25) is 0 Å². The summed E-state index contributed by atoms with van der Waals surface area (Å²) in [5.41, 5.74) is 5.01. The molecule has 2 aromatic carbocycles. The number of hydrogen-bond donors (Lipinski definition) is 0. The third kappa shape index (κ3) is 3.93. The zero-order valence-corrected chi connectivity index (χ0v) is 12.0. The Morgan fingerprint density at radius 1 is 0.810 bits per heavy atom. The minimum Gasteiger partial charge on any atom is -0.359 e. The van der Waals surface area contributed by atoms with E-state index in [2.05, 4.69) is 67.3 Å². The molecule has 0 spiro atoms. The molecule has 0 fully saturated rings. The highest BCUT2D eigenvalue weighted by Crippen LogP contribution is 2.22. The molecule has 3 rings (SSSR count). The van der Waals surface area contributed by atoms with Crippen LogP contribution < -0.4 is 0 Å². The minimum atomic E-state index is 0.594. The zero-order chi connectivity index (χ0) is 14.3. The van der Waals surface area contributed by atoms with Crippen molar-refractivity contribution in [1.82, 2.24) is 0 Å². The van der Waals surface area contributed by atoms with Crippen LogP contribution in [0, 0.1) is 6.61 Å². The van der Waals surface area contributed by atoms with Gasteiger partial charge >= 0.3 is 0 Å². The number of ether oxygens (including phenoxy) is 1. The van der Waals surface area contributed by atoms with Crippen LogP contribution in [0.5, 0.6) is 0 Å². The van der Waals surface area contributed by atoms with Crippen LogP contribution in [0.15, 0.2) is 84.0 Å². The SMILES string of the molecule is [C]1OCC=CC(Cc2ccccc2)=C1Cc1ccccc1. The summed E-state index contributed by atoms with van der Waals surface area (Å²) in [6.07, 6.45) is 6.00. The maximum atomic E-state index is 5.45. The number of benzene rings is 2. The molecule has 0 bridgehead atoms. The van der Waals surface area contributed by atoms with Gasteiger partial charge < -0.3 is 4.74 Å². The van der Waals surface area contributed by atoms with Gasteiger partial charge in [0.2, 0.25) is 0 Å². The first-order chi connectivity index (χ1) is 10.4. The van der Waals surface area contributed by atoms with E-state index in [1.54, 1.807) is 0 Å². The summed E-state index contributed by atoms with van der Waals surface area (Å²) in [6.45, 7) is 3.71. The van der Waals surface area contributed by atoms with Crippen molar-refractivity contribution in [2.45, 2.75) is 12.8 Å². The monoisotopic (exact) mass is 274 g/mol. The van der Waals surface area contributed by atoms with Gasteiger partial charge in [0, 0.05) is 0 Å². The van der Waals surface area contributed by atoms with Crippen molar-refractivity contribution in [3.05, 3.63) is 102 Å². The van der Waals surface area contributed by atoms with Crippen LogP contribution >= 0.6 is 0 Å². The third-order valence-corrected chi connectivity index (χ3v) is 3.54. The molecule has 1 nitrogen and oxygen atoms in total. The summed E-state index contributed by atoms with van der Waals surface area (Å²) >= 11 is 0. The highest BCUT2D eigenvalue weighted by atomic mass is 16.5. The van der Waals surface area contributed by atoms with Crippen molar-refractivity contribution in [3.63, 3.8) is 0 Å². The molecule has 0 atom stereocenters. The topological polar surface area (TPSA) is 9.23 Å². The van der Waals surface area contributed by atoms with Gasteiger partial charge in [0.05, 0.1) is 6.61 Å². The van der Waals surface area contributed by atoms with Crippen LogP contribution in [0.1, 0.15) is 11.1 Å². The normalized spacial score (nSPS) is 15.0. The number of rotatable bonds is 4. The van der Waals surface area contributed by atoms with E-state index in [-0.39, 0.29) is 0 Å². The van der Waals surface area contributed by atoms with Crippen LogP contribution in [0.3, 0.4) is 0 Å². The molecule has 2 aromatic rings. The summed E-state index contributed by atoms with van der Waals surface area (Å²) in [5, 5.41) is 0. The predicted molar refractivity (Wildman–Crippen MR) is 85.7 cm³/mol. The molecule has 0 unspecified atom stereocenters. The summed E-state index contributed by atoms with van der Waals surface area (Å²) < 4.78 is 5.45. The van der Waals surface area contributed by atoms with Crippen molar-refractivity contribution < 1.29 is 4.74 Å². The third-order valence-electron chi connectivity index (χ3n) is 3.54. The van der Waals surface area contributed by atoms with E-state index >= 15 is 0 Å². The Hall–Kier alpha value is -2.12. The molecule has 1 heterocycles. The lowest BCUT2D eigenvalue weighted by molar-refractivity contribution is 0.246. The maximum absolute atomic E-state index is 5.45. The fourth-order valence-corrected chi connectivity index (χ4v) is 2.46. The lowest BCUT2D eigenvalue weighted by Crippen LogP contribution is -2.00. The largest absolute Gasteiger partial charge is 0.359 e. The van der Waals surface area contributed by atoms with Gasteiger partial charge in [0.25, 0.3) is 0 Å². The standard InChI is InChI=1S/C20H18O/c1-3-8-17(9-4-1)14-19-12-7-13-21-16-20(19)15-18-10-5-2-6-11-18/h1-12H,13-15H2. The lowest BCUT2D eigenvalue weighted by Gasteiger charge is -2.11. The smallest absolute Gasteiger partial charge is 0.163 e. The van der Waals surface area contributed by atoms with Gasteiger partial charge in [-0.15, -0.1) is 0 Å². The number of allylic oxidation sites excluding steroid dienone is 2. The molecule has 21 heavy (non-hydrogen) atoms. The number of hydrogen-bond acceptors (Lipinski definition) is 1. The van der Waals surface area contributed by atoms with Gasteiger partial charge in [-0.2, -0.15) is 0 Å². The fourth-order valence-electron chi connectivity index (χ4n) is 2.46. The first kappa shape index (κ1) is 13.8. The van der Waals surface area contributed by atoms with E-state index in [0.717, 1.165) is 18.4 Å². The molecule has 0 aliphatic carbocycles. The predicted octanol–water partition coefficient (Wildman–Crippen LogP) is 4.39. The summed E-state index contributed by atoms with van der Waals surface area (Å²) in [7, 11) is 0. The van der Waals surface area contributed by atoms with E-state index in [4.69, 9.17) is 4.74 Å². The quantitative estimate of drug-likeness (QED) is 0.803. The van der Waals surface area contributed by atoms with Crippen LogP contribution in [0.25, 0.3) is 0 Å². The van der Waals surface area contributed by atoms with Gasteiger partial charge in [0.1, 0.15) is 0 Å². The highest BCUT2D eigenvalue weighted by Gasteiger charge is 2.11. The first-order valence-corrected chi connectivity index (χ1v) is 7.26. The van der Waals surface area contributed by atoms with Gasteiger partial charge in [-0.1, -0.05) is 72.8 Å². The second kappa shape index (κ2) is 7.05. The van der Waals surface area contributed by atoms with Gasteiger partial charge in [-0.05, 0) is 35.1 Å². The zero-order valence-electron chi connectivity index (χ0n) is 12.0. The fraction of sp³-hybridized carbons (Fsp3) is 0.150. The van der Waals surface area contributed by atoms with Crippen LogP contribution in [-0.2, 0) is 17.6 Å². The van der Waals surface area contributed by atoms with Crippen molar-refractivity contribution in [2.24, 2.45) is 0 Å². The Kier molecular flexibility index (Phi) is 4.65. The van der Waals surface area contributed by atoms with Gasteiger partial charge in [0.15, 0.2) is 6.61 Å². The van der Waals surface area contributed by atoms with Crippen LogP contribution in [0.4, 0.5) is 0 Å². The van der Waals surface area contributed by atoms with Crippen LogP contribution in [-0.4, -0.2) is 6.61 Å². The summed E-state index contributed by atoms with van der Waals surface area (Å²) in [4.78, 5) is 0. The van der Waals surface area contributed by atoms with Crippen molar-refractivity contribution in [2.75, 3.05) is 6.61 Å². The Balaban J connectivity index is 1.86. The molecule has 2 radical (unpaired) electrons. The summed E-state index contributed by atoms with van der Waals surface area (Å²) in [5.74, 6) is 0. The molecule has 1 aliphatic heterocycles. The van der Waals surface area contributed by atoms with E-state index in [9.17, 15) is 0 Å². The Morgan fingerprint density at radius 2 is 1.43 bits per heavy atom. The molecule has 1 aliphatic rings. The Labute approximate surface area is 126 Å². The van der Waals surface area contributed by atoms with Gasteiger partial charge in [-0.25, -0.2) is 0 Å². The molecular formula is C20H18O. The van der Waals surface area contributed by atoms with E-state index in [0.29, 0.717) is 6.61 Å². The van der Waals surface area contributed by atoms with Crippen LogP contribution in [0.2, 0.25) is 0 Å². The van der Waals surface area contributed by atoms with E-state index in [1.165, 1.54) is 16.7 Å². The molecule has 0 saturated carbocycles. The Morgan fingerprint density at radius 3 is 2.10 bits per heavy atom. The molecule has 104 valence electrons. The second-order valence-electron chi connectivity index (χ2n) is 5.14. The van der Waals surface area contributed by atoms with E-state index < -0.39 is 0 Å². The molecule has 0 aromatic heterocycles. The Bertz CT molecular complexity index is 623. The molecule has 0 amide bonds.